The van der Waals surface area contributed by atoms with Gasteiger partial charge in [0.2, 0.25) is 0 Å². The van der Waals surface area contributed by atoms with E-state index in [9.17, 15) is 9.90 Å². The smallest absolute Gasteiger partial charge is 0.334 e. The molecule has 3 aliphatic rings. The number of esters is 1. The Balaban J connectivity index is 1.99. The summed E-state index contributed by atoms with van der Waals surface area (Å²) in [4.78, 5) is 11.7. The van der Waals surface area contributed by atoms with Gasteiger partial charge in [0, 0.05) is 11.5 Å². The highest BCUT2D eigenvalue weighted by Gasteiger charge is 2.54. The number of fused-ring (bicyclic) bond motifs is 3. The van der Waals surface area contributed by atoms with Gasteiger partial charge < -0.3 is 14.6 Å². The fourth-order valence-corrected chi connectivity index (χ4v) is 3.77. The standard InChI is InChI=1S/C15H22O4/c1-8-5-4-6-15(3)13(16)12-10(7-11(8)19-15)9(2)14(17)18-12/h8,10-13,16H,2,4-7H2,1,3H3/t8-,10-,11?,12-,13-,15+/m0/s1. The minimum atomic E-state index is -0.768. The summed E-state index contributed by atoms with van der Waals surface area (Å²) in [5.74, 6) is -0.0184. The third kappa shape index (κ3) is 1.93. The molecule has 0 aliphatic carbocycles. The normalized spacial score (nSPS) is 50.2. The number of ether oxygens (including phenoxy) is 2. The van der Waals surface area contributed by atoms with Crippen LogP contribution in [-0.4, -0.2) is 35.0 Å². The number of hydrogen-bond donors (Lipinski definition) is 1. The molecule has 4 nitrogen and oxygen atoms in total. The molecule has 3 saturated heterocycles. The van der Waals surface area contributed by atoms with Crippen LogP contribution in [0.25, 0.3) is 0 Å². The van der Waals surface area contributed by atoms with Gasteiger partial charge in [0.05, 0.1) is 11.7 Å². The molecule has 3 heterocycles. The van der Waals surface area contributed by atoms with Crippen molar-refractivity contribution >= 4 is 5.97 Å². The second-order valence-corrected chi connectivity index (χ2v) is 6.52. The first-order chi connectivity index (χ1) is 8.92. The molecule has 1 unspecified atom stereocenters. The zero-order chi connectivity index (χ0) is 13.8. The van der Waals surface area contributed by atoms with Gasteiger partial charge in [-0.2, -0.15) is 0 Å². The van der Waals surface area contributed by atoms with Crippen molar-refractivity contribution in [1.82, 2.24) is 0 Å². The van der Waals surface area contributed by atoms with Gasteiger partial charge in [0.1, 0.15) is 12.2 Å². The summed E-state index contributed by atoms with van der Waals surface area (Å²) in [5, 5.41) is 10.6. The van der Waals surface area contributed by atoms with Gasteiger partial charge in [-0.1, -0.05) is 19.9 Å². The maximum Gasteiger partial charge on any atom is 0.334 e. The van der Waals surface area contributed by atoms with E-state index in [1.165, 1.54) is 0 Å². The van der Waals surface area contributed by atoms with Crippen LogP contribution >= 0.6 is 0 Å². The van der Waals surface area contributed by atoms with Crippen molar-refractivity contribution in [3.63, 3.8) is 0 Å². The lowest BCUT2D eigenvalue weighted by Crippen LogP contribution is -2.49. The number of carbonyl (C=O) groups is 1. The van der Waals surface area contributed by atoms with Gasteiger partial charge in [-0.25, -0.2) is 4.79 Å². The fraction of sp³-hybridized carbons (Fsp3) is 0.800. The summed E-state index contributed by atoms with van der Waals surface area (Å²) in [7, 11) is 0. The zero-order valence-corrected chi connectivity index (χ0v) is 11.6. The molecular weight excluding hydrogens is 244 g/mol. The van der Waals surface area contributed by atoms with E-state index in [2.05, 4.69) is 13.5 Å². The topological polar surface area (TPSA) is 55.8 Å². The Bertz CT molecular complexity index is 418. The number of aliphatic hydroxyl groups is 1. The summed E-state index contributed by atoms with van der Waals surface area (Å²) in [6.45, 7) is 7.97. The monoisotopic (exact) mass is 266 g/mol. The van der Waals surface area contributed by atoms with E-state index >= 15 is 0 Å². The van der Waals surface area contributed by atoms with Crippen LogP contribution < -0.4 is 0 Å². The summed E-state index contributed by atoms with van der Waals surface area (Å²) in [6.07, 6.45) is 2.49. The van der Waals surface area contributed by atoms with E-state index in [1.54, 1.807) is 0 Å². The SMILES string of the molecule is C=C1C(=O)O[C@H]2[C@H]1CC1O[C@](C)(CCC[C@@H]1C)[C@H]2O. The highest BCUT2D eigenvalue weighted by molar-refractivity contribution is 5.90. The van der Waals surface area contributed by atoms with Gasteiger partial charge >= 0.3 is 5.97 Å². The summed E-state index contributed by atoms with van der Waals surface area (Å²) in [5.41, 5.74) is -0.116. The van der Waals surface area contributed by atoms with Crippen LogP contribution in [0.15, 0.2) is 12.2 Å². The number of rotatable bonds is 0. The van der Waals surface area contributed by atoms with Crippen molar-refractivity contribution in [3.05, 3.63) is 12.2 Å². The molecule has 0 aromatic carbocycles. The van der Waals surface area contributed by atoms with E-state index in [1.807, 2.05) is 6.92 Å². The second-order valence-electron chi connectivity index (χ2n) is 6.52. The second kappa shape index (κ2) is 4.32. The van der Waals surface area contributed by atoms with E-state index in [0.29, 0.717) is 11.5 Å². The Morgan fingerprint density at radius 1 is 1.47 bits per heavy atom. The van der Waals surface area contributed by atoms with Crippen molar-refractivity contribution in [3.8, 4) is 0 Å². The highest BCUT2D eigenvalue weighted by Crippen LogP contribution is 2.45. The van der Waals surface area contributed by atoms with Crippen LogP contribution in [0, 0.1) is 11.8 Å². The van der Waals surface area contributed by atoms with Crippen LogP contribution in [0.5, 0.6) is 0 Å². The summed E-state index contributed by atoms with van der Waals surface area (Å²) < 4.78 is 11.6. The minimum absolute atomic E-state index is 0.0726. The highest BCUT2D eigenvalue weighted by atomic mass is 16.6. The lowest BCUT2D eigenvalue weighted by atomic mass is 9.80. The molecule has 0 amide bonds. The Hall–Kier alpha value is -0.870. The Morgan fingerprint density at radius 3 is 2.95 bits per heavy atom. The predicted molar refractivity (Wildman–Crippen MR) is 69.4 cm³/mol. The first-order valence-electron chi connectivity index (χ1n) is 7.18. The third-order valence-corrected chi connectivity index (χ3v) is 5.16. The molecule has 0 aromatic heterocycles. The van der Waals surface area contributed by atoms with Gasteiger partial charge in [-0.15, -0.1) is 0 Å². The first-order valence-corrected chi connectivity index (χ1v) is 7.18. The van der Waals surface area contributed by atoms with Crippen LogP contribution in [0.4, 0.5) is 0 Å². The molecule has 106 valence electrons. The predicted octanol–water partition coefficient (Wildman–Crippen LogP) is 1.81. The van der Waals surface area contributed by atoms with Crippen LogP contribution in [0.1, 0.15) is 39.5 Å². The molecule has 2 bridgehead atoms. The molecule has 3 rings (SSSR count). The van der Waals surface area contributed by atoms with E-state index in [-0.39, 0.29) is 18.0 Å². The number of hydrogen-bond acceptors (Lipinski definition) is 4. The summed E-state index contributed by atoms with van der Waals surface area (Å²) >= 11 is 0. The molecule has 3 fully saturated rings. The average molecular weight is 266 g/mol. The van der Waals surface area contributed by atoms with Crippen molar-refractivity contribution < 1.29 is 19.4 Å². The molecular formula is C15H22O4. The van der Waals surface area contributed by atoms with E-state index in [4.69, 9.17) is 9.47 Å². The lowest BCUT2D eigenvalue weighted by Gasteiger charge is -2.36. The van der Waals surface area contributed by atoms with Crippen LogP contribution in [0.3, 0.4) is 0 Å². The van der Waals surface area contributed by atoms with E-state index in [0.717, 1.165) is 25.7 Å². The average Bonchev–Trinajstić information content (AvgIpc) is 2.49. The van der Waals surface area contributed by atoms with Crippen molar-refractivity contribution in [2.45, 2.75) is 63.4 Å². The van der Waals surface area contributed by atoms with Crippen molar-refractivity contribution in [2.75, 3.05) is 0 Å². The minimum Gasteiger partial charge on any atom is -0.455 e. The molecule has 1 N–H and O–H groups in total. The molecule has 0 spiro atoms. The van der Waals surface area contributed by atoms with Crippen LogP contribution in [-0.2, 0) is 14.3 Å². The van der Waals surface area contributed by atoms with Gasteiger partial charge in [-0.05, 0) is 32.1 Å². The number of aliphatic hydroxyl groups excluding tert-OH is 1. The first kappa shape index (κ1) is 13.1. The molecule has 3 aliphatic heterocycles. The Morgan fingerprint density at radius 2 is 2.21 bits per heavy atom. The van der Waals surface area contributed by atoms with E-state index < -0.39 is 17.8 Å². The molecule has 0 radical (unpaired) electrons. The molecule has 4 heteroatoms. The van der Waals surface area contributed by atoms with Gasteiger partial charge in [0.25, 0.3) is 0 Å². The van der Waals surface area contributed by atoms with Crippen molar-refractivity contribution in [1.29, 1.82) is 0 Å². The molecule has 6 atom stereocenters. The Kier molecular flexibility index (Phi) is 2.98. The molecule has 0 saturated carbocycles. The number of carbonyl (C=O) groups excluding carboxylic acids is 1. The van der Waals surface area contributed by atoms with Crippen molar-refractivity contribution in [2.24, 2.45) is 11.8 Å². The largest absolute Gasteiger partial charge is 0.455 e. The maximum absolute atomic E-state index is 11.7. The fourth-order valence-electron chi connectivity index (χ4n) is 3.77. The zero-order valence-electron chi connectivity index (χ0n) is 11.6. The molecule has 0 aromatic rings. The van der Waals surface area contributed by atoms with Crippen LogP contribution in [0.2, 0.25) is 0 Å². The van der Waals surface area contributed by atoms with Gasteiger partial charge in [-0.3, -0.25) is 0 Å². The summed E-state index contributed by atoms with van der Waals surface area (Å²) in [6, 6.07) is 0. The third-order valence-electron chi connectivity index (χ3n) is 5.16. The quantitative estimate of drug-likeness (QED) is 0.536. The lowest BCUT2D eigenvalue weighted by molar-refractivity contribution is -0.173. The Labute approximate surface area is 113 Å². The van der Waals surface area contributed by atoms with Gasteiger partial charge in [0.15, 0.2) is 0 Å². The molecule has 19 heavy (non-hydrogen) atoms. The maximum atomic E-state index is 11.7.